The molecule has 0 atom stereocenters. The van der Waals surface area contributed by atoms with Crippen LogP contribution in [0.4, 0.5) is 5.82 Å². The van der Waals surface area contributed by atoms with Crippen molar-refractivity contribution >= 4 is 23.3 Å². The molecule has 0 unspecified atom stereocenters. The maximum atomic E-state index is 12.5. The largest absolute Gasteiger partial charge is 0.382 e. The molecule has 0 radical (unpaired) electrons. The van der Waals surface area contributed by atoms with Gasteiger partial charge in [-0.15, -0.1) is 0 Å². The van der Waals surface area contributed by atoms with Gasteiger partial charge in [-0.2, -0.15) is 0 Å². The molecule has 0 spiro atoms. The highest BCUT2D eigenvalue weighted by atomic mass is 35.5. The molecule has 0 aliphatic carbocycles. The Morgan fingerprint density at radius 3 is 2.68 bits per heavy atom. The number of benzene rings is 1. The summed E-state index contributed by atoms with van der Waals surface area (Å²) >= 11 is 5.93. The summed E-state index contributed by atoms with van der Waals surface area (Å²) in [6.45, 7) is 0.741. The minimum Gasteiger partial charge on any atom is -0.382 e. The van der Waals surface area contributed by atoms with Crippen molar-refractivity contribution in [2.75, 3.05) is 18.8 Å². The Morgan fingerprint density at radius 2 is 2.00 bits per heavy atom. The van der Waals surface area contributed by atoms with Crippen molar-refractivity contribution < 1.29 is 9.90 Å². The lowest BCUT2D eigenvalue weighted by atomic mass is 9.91. The maximum Gasteiger partial charge on any atom is 0.276 e. The van der Waals surface area contributed by atoms with E-state index in [-0.39, 0.29) is 17.4 Å². The van der Waals surface area contributed by atoms with Crippen molar-refractivity contribution in [1.82, 2.24) is 14.9 Å². The van der Waals surface area contributed by atoms with E-state index >= 15 is 0 Å². The van der Waals surface area contributed by atoms with Gasteiger partial charge >= 0.3 is 0 Å². The molecule has 25 heavy (non-hydrogen) atoms. The molecule has 1 aromatic carbocycles. The zero-order valence-electron chi connectivity index (χ0n) is 13.4. The molecular formula is C18H17ClN4O2. The van der Waals surface area contributed by atoms with Crippen molar-refractivity contribution in [1.29, 1.82) is 0 Å². The van der Waals surface area contributed by atoms with Crippen molar-refractivity contribution in [2.45, 2.75) is 18.4 Å². The number of carbonyl (C=O) groups is 1. The minimum absolute atomic E-state index is 0.106. The Hall–Kier alpha value is -2.62. The highest BCUT2D eigenvalue weighted by molar-refractivity contribution is 6.30. The number of hydrogen-bond acceptors (Lipinski definition) is 5. The average molecular weight is 357 g/mol. The molecule has 7 heteroatoms. The molecule has 2 heterocycles. The van der Waals surface area contributed by atoms with E-state index in [1.54, 1.807) is 17.0 Å². The first-order valence-corrected chi connectivity index (χ1v) is 8.21. The molecule has 1 aromatic heterocycles. The summed E-state index contributed by atoms with van der Waals surface area (Å²) in [5.74, 6) is 5.68. The van der Waals surface area contributed by atoms with Crippen LogP contribution in [0, 0.1) is 11.8 Å². The number of aromatic nitrogens is 2. The Balaban J connectivity index is 1.67. The number of amides is 1. The lowest BCUT2D eigenvalue weighted by Gasteiger charge is -2.34. The third-order valence-corrected chi connectivity index (χ3v) is 4.31. The van der Waals surface area contributed by atoms with Crippen LogP contribution in [-0.2, 0) is 0 Å². The molecule has 3 N–H and O–H groups in total. The molecule has 1 amide bonds. The lowest BCUT2D eigenvalue weighted by Crippen LogP contribution is -2.46. The molecule has 128 valence electrons. The summed E-state index contributed by atoms with van der Waals surface area (Å²) in [6.07, 6.45) is 3.58. The fraction of sp³-hybridized carbons (Fsp3) is 0.278. The lowest BCUT2D eigenvalue weighted by molar-refractivity contribution is 0.0246. The topological polar surface area (TPSA) is 92.3 Å². The van der Waals surface area contributed by atoms with E-state index in [1.807, 2.05) is 12.1 Å². The number of anilines is 1. The van der Waals surface area contributed by atoms with Gasteiger partial charge in [0.1, 0.15) is 5.60 Å². The number of nitrogens with two attached hydrogens (primary N) is 1. The summed E-state index contributed by atoms with van der Waals surface area (Å²) in [7, 11) is 0. The first-order chi connectivity index (χ1) is 12.0. The molecule has 3 rings (SSSR count). The van der Waals surface area contributed by atoms with Gasteiger partial charge in [-0.25, -0.2) is 9.97 Å². The highest BCUT2D eigenvalue weighted by Gasteiger charge is 2.33. The smallest absolute Gasteiger partial charge is 0.276 e. The minimum atomic E-state index is -1.13. The number of nitrogen functional groups attached to an aromatic ring is 1. The van der Waals surface area contributed by atoms with Crippen LogP contribution in [0.5, 0.6) is 0 Å². The molecule has 1 aliphatic rings. The van der Waals surface area contributed by atoms with Crippen molar-refractivity contribution in [2.24, 2.45) is 0 Å². The summed E-state index contributed by atoms with van der Waals surface area (Å²) in [6, 6.07) is 7.15. The van der Waals surface area contributed by atoms with E-state index in [9.17, 15) is 9.90 Å². The van der Waals surface area contributed by atoms with E-state index in [2.05, 4.69) is 21.8 Å². The molecule has 0 bridgehead atoms. The highest BCUT2D eigenvalue weighted by Crippen LogP contribution is 2.23. The first-order valence-electron chi connectivity index (χ1n) is 7.84. The number of piperidine rings is 1. The standard InChI is InChI=1S/C18H17ClN4O2/c19-14-3-1-2-13(12-14)4-5-18(25)6-10-23(11-7-18)17(24)15-16(20)22-9-8-21-15/h1-3,8-9,12,25H,6-7,10-11H2,(H2,20,22). The molecular weight excluding hydrogens is 340 g/mol. The van der Waals surface area contributed by atoms with Crippen molar-refractivity contribution in [3.8, 4) is 11.8 Å². The summed E-state index contributed by atoms with van der Waals surface area (Å²) < 4.78 is 0. The van der Waals surface area contributed by atoms with Crippen LogP contribution < -0.4 is 5.73 Å². The van der Waals surface area contributed by atoms with Gasteiger partial charge in [-0.05, 0) is 18.2 Å². The quantitative estimate of drug-likeness (QED) is 0.759. The van der Waals surface area contributed by atoms with E-state index in [0.717, 1.165) is 5.56 Å². The second-order valence-electron chi connectivity index (χ2n) is 5.87. The van der Waals surface area contributed by atoms with E-state index in [1.165, 1.54) is 12.4 Å². The van der Waals surface area contributed by atoms with Gasteiger partial charge in [0.2, 0.25) is 0 Å². The Kier molecular flexibility index (Phi) is 4.88. The number of likely N-dealkylation sites (tertiary alicyclic amines) is 1. The Bertz CT molecular complexity index is 851. The number of carbonyl (C=O) groups excluding carboxylic acids is 1. The van der Waals surface area contributed by atoms with Crippen LogP contribution in [0.3, 0.4) is 0 Å². The van der Waals surface area contributed by atoms with Gasteiger partial charge in [0.05, 0.1) is 0 Å². The van der Waals surface area contributed by atoms with Crippen LogP contribution in [0.25, 0.3) is 0 Å². The third-order valence-electron chi connectivity index (χ3n) is 4.07. The predicted octanol–water partition coefficient (Wildman–Crippen LogP) is 1.73. The zero-order chi connectivity index (χ0) is 17.9. The van der Waals surface area contributed by atoms with Crippen LogP contribution >= 0.6 is 11.6 Å². The maximum absolute atomic E-state index is 12.5. The van der Waals surface area contributed by atoms with Crippen LogP contribution in [0.1, 0.15) is 28.9 Å². The van der Waals surface area contributed by atoms with Crippen molar-refractivity contribution in [3.63, 3.8) is 0 Å². The van der Waals surface area contributed by atoms with Gasteiger partial charge in [-0.3, -0.25) is 4.79 Å². The van der Waals surface area contributed by atoms with Crippen LogP contribution in [0.2, 0.25) is 5.02 Å². The number of rotatable bonds is 1. The fourth-order valence-electron chi connectivity index (χ4n) is 2.62. The van der Waals surface area contributed by atoms with Gasteiger partial charge in [0, 0.05) is 48.9 Å². The SMILES string of the molecule is Nc1nccnc1C(=O)N1CCC(O)(C#Cc2cccc(Cl)c2)CC1. The normalized spacial score (nSPS) is 16.0. The summed E-state index contributed by atoms with van der Waals surface area (Å²) in [4.78, 5) is 21.9. The monoisotopic (exact) mass is 356 g/mol. The van der Waals surface area contributed by atoms with Crippen molar-refractivity contribution in [3.05, 3.63) is 52.9 Å². The summed E-state index contributed by atoms with van der Waals surface area (Å²) in [5, 5.41) is 11.2. The predicted molar refractivity (Wildman–Crippen MR) is 94.9 cm³/mol. The van der Waals surface area contributed by atoms with Gasteiger partial charge in [-0.1, -0.05) is 29.5 Å². The van der Waals surface area contributed by atoms with Crippen LogP contribution in [-0.4, -0.2) is 44.6 Å². The fourth-order valence-corrected chi connectivity index (χ4v) is 2.81. The van der Waals surface area contributed by atoms with Gasteiger partial charge in [0.15, 0.2) is 11.5 Å². The molecule has 1 saturated heterocycles. The second kappa shape index (κ2) is 7.09. The summed E-state index contributed by atoms with van der Waals surface area (Å²) in [5.41, 5.74) is 5.45. The Morgan fingerprint density at radius 1 is 1.28 bits per heavy atom. The van der Waals surface area contributed by atoms with Gasteiger partial charge < -0.3 is 15.7 Å². The van der Waals surface area contributed by atoms with Gasteiger partial charge in [0.25, 0.3) is 5.91 Å². The van der Waals surface area contributed by atoms with E-state index in [0.29, 0.717) is 31.0 Å². The number of hydrogen-bond donors (Lipinski definition) is 2. The zero-order valence-corrected chi connectivity index (χ0v) is 14.2. The molecule has 1 fully saturated rings. The Labute approximate surface area is 150 Å². The number of nitrogens with zero attached hydrogens (tertiary/aromatic N) is 3. The molecule has 6 nitrogen and oxygen atoms in total. The second-order valence-corrected chi connectivity index (χ2v) is 6.31. The van der Waals surface area contributed by atoms with Crippen LogP contribution in [0.15, 0.2) is 36.7 Å². The molecule has 0 saturated carbocycles. The molecule has 1 aliphatic heterocycles. The first kappa shape index (κ1) is 17.2. The average Bonchev–Trinajstić information content (AvgIpc) is 2.61. The van der Waals surface area contributed by atoms with E-state index in [4.69, 9.17) is 17.3 Å². The number of halogens is 1. The third kappa shape index (κ3) is 4.08. The molecule has 2 aromatic rings. The number of aliphatic hydroxyl groups is 1. The van der Waals surface area contributed by atoms with E-state index < -0.39 is 5.60 Å².